The topological polar surface area (TPSA) is 48.0 Å². The predicted molar refractivity (Wildman–Crippen MR) is 108 cm³/mol. The van der Waals surface area contributed by atoms with Gasteiger partial charge in [-0.15, -0.1) is 0 Å². The minimum absolute atomic E-state index is 0.124. The lowest BCUT2D eigenvalue weighted by Gasteiger charge is -2.26. The minimum atomic E-state index is -0.124. The molecule has 0 aromatic heterocycles. The van der Waals surface area contributed by atoms with E-state index in [4.69, 9.17) is 14.2 Å². The summed E-state index contributed by atoms with van der Waals surface area (Å²) in [5.74, 6) is 2.14. The Morgan fingerprint density at radius 2 is 1.93 bits per heavy atom. The lowest BCUT2D eigenvalue weighted by Crippen LogP contribution is -2.33. The first kappa shape index (κ1) is 18.6. The van der Waals surface area contributed by atoms with E-state index >= 15 is 0 Å². The van der Waals surface area contributed by atoms with Crippen molar-refractivity contribution in [3.63, 3.8) is 0 Å². The standard InChI is InChI=1S/C23H25NO4/c1-26-20-8-4-3-7-17(20)15-22-23(25)19-10-9-18(16-21(19)28-22)27-14-13-24-11-5-2-6-12-24/h3-4,7-10,15-16H,2,5-6,11-14H2,1H3/b22-15-. The van der Waals surface area contributed by atoms with Gasteiger partial charge in [0.1, 0.15) is 23.9 Å². The summed E-state index contributed by atoms with van der Waals surface area (Å²) in [5.41, 5.74) is 1.36. The lowest BCUT2D eigenvalue weighted by molar-refractivity contribution is 0.101. The van der Waals surface area contributed by atoms with Crippen molar-refractivity contribution in [2.75, 3.05) is 33.4 Å². The molecule has 2 aliphatic rings. The molecule has 2 aromatic rings. The average molecular weight is 379 g/mol. The van der Waals surface area contributed by atoms with E-state index in [1.54, 1.807) is 25.3 Å². The summed E-state index contributed by atoms with van der Waals surface area (Å²) < 4.78 is 17.1. The SMILES string of the molecule is COc1ccccc1/C=C1\Oc2cc(OCCN3CCCCC3)ccc2C1=O. The third kappa shape index (κ3) is 4.04. The summed E-state index contributed by atoms with van der Waals surface area (Å²) in [6.07, 6.45) is 5.60. The number of hydrogen-bond donors (Lipinski definition) is 0. The number of carbonyl (C=O) groups is 1. The Morgan fingerprint density at radius 3 is 2.75 bits per heavy atom. The Balaban J connectivity index is 1.43. The second-order valence-corrected chi connectivity index (χ2v) is 7.09. The van der Waals surface area contributed by atoms with Gasteiger partial charge in [0.05, 0.1) is 12.7 Å². The zero-order valence-corrected chi connectivity index (χ0v) is 16.1. The number of ketones is 1. The molecule has 5 heteroatoms. The molecule has 2 aromatic carbocycles. The quantitative estimate of drug-likeness (QED) is 0.705. The number of carbonyl (C=O) groups excluding carboxylic acids is 1. The van der Waals surface area contributed by atoms with Crippen LogP contribution in [0.15, 0.2) is 48.2 Å². The van der Waals surface area contributed by atoms with Gasteiger partial charge in [-0.3, -0.25) is 9.69 Å². The number of ether oxygens (including phenoxy) is 3. The van der Waals surface area contributed by atoms with E-state index in [9.17, 15) is 4.79 Å². The molecule has 146 valence electrons. The number of likely N-dealkylation sites (tertiary alicyclic amines) is 1. The van der Waals surface area contributed by atoms with Gasteiger partial charge in [-0.1, -0.05) is 24.6 Å². The molecule has 0 atom stereocenters. The number of hydrogen-bond acceptors (Lipinski definition) is 5. The van der Waals surface area contributed by atoms with Crippen LogP contribution in [0.4, 0.5) is 0 Å². The molecular weight excluding hydrogens is 354 g/mol. The van der Waals surface area contributed by atoms with Crippen molar-refractivity contribution in [1.82, 2.24) is 4.90 Å². The van der Waals surface area contributed by atoms with E-state index in [0.29, 0.717) is 29.4 Å². The molecule has 0 bridgehead atoms. The van der Waals surface area contributed by atoms with Gasteiger partial charge in [0.2, 0.25) is 5.78 Å². The number of piperidine rings is 1. The molecular formula is C23H25NO4. The van der Waals surface area contributed by atoms with Crippen molar-refractivity contribution < 1.29 is 19.0 Å². The maximum Gasteiger partial charge on any atom is 0.231 e. The summed E-state index contributed by atoms with van der Waals surface area (Å²) in [4.78, 5) is 15.1. The maximum absolute atomic E-state index is 12.7. The van der Waals surface area contributed by atoms with Crippen molar-refractivity contribution in [1.29, 1.82) is 0 Å². The fourth-order valence-corrected chi connectivity index (χ4v) is 3.66. The number of rotatable bonds is 6. The Hall–Kier alpha value is -2.79. The highest BCUT2D eigenvalue weighted by Crippen LogP contribution is 2.35. The number of para-hydroxylation sites is 1. The Labute approximate surface area is 165 Å². The number of methoxy groups -OCH3 is 1. The second-order valence-electron chi connectivity index (χ2n) is 7.09. The van der Waals surface area contributed by atoms with Crippen LogP contribution in [0.1, 0.15) is 35.2 Å². The largest absolute Gasteiger partial charge is 0.496 e. The Morgan fingerprint density at radius 1 is 1.11 bits per heavy atom. The van der Waals surface area contributed by atoms with E-state index in [-0.39, 0.29) is 5.78 Å². The van der Waals surface area contributed by atoms with Crippen LogP contribution in [0.2, 0.25) is 0 Å². The molecule has 0 spiro atoms. The van der Waals surface area contributed by atoms with Crippen LogP contribution in [0.5, 0.6) is 17.2 Å². The zero-order valence-electron chi connectivity index (χ0n) is 16.1. The highest BCUT2D eigenvalue weighted by atomic mass is 16.5. The van der Waals surface area contributed by atoms with E-state index in [0.717, 1.165) is 30.9 Å². The number of benzene rings is 2. The van der Waals surface area contributed by atoms with E-state index < -0.39 is 0 Å². The third-order valence-electron chi connectivity index (χ3n) is 5.19. The van der Waals surface area contributed by atoms with Gasteiger partial charge < -0.3 is 14.2 Å². The molecule has 0 saturated carbocycles. The third-order valence-corrected chi connectivity index (χ3v) is 5.19. The summed E-state index contributed by atoms with van der Waals surface area (Å²) in [5, 5.41) is 0. The normalized spacial score (nSPS) is 18.0. The number of Topliss-reactive ketones (excluding diaryl/α,β-unsaturated/α-hetero) is 1. The highest BCUT2D eigenvalue weighted by molar-refractivity contribution is 6.14. The molecule has 4 rings (SSSR count). The number of fused-ring (bicyclic) bond motifs is 1. The van der Waals surface area contributed by atoms with Crippen molar-refractivity contribution >= 4 is 11.9 Å². The molecule has 0 unspecified atom stereocenters. The fraction of sp³-hybridized carbons (Fsp3) is 0.348. The van der Waals surface area contributed by atoms with Crippen LogP contribution in [0, 0.1) is 0 Å². The summed E-state index contributed by atoms with van der Waals surface area (Å²) in [7, 11) is 1.61. The molecule has 1 saturated heterocycles. The van der Waals surface area contributed by atoms with Crippen LogP contribution in [-0.4, -0.2) is 44.0 Å². The van der Waals surface area contributed by atoms with Crippen molar-refractivity contribution in [3.05, 3.63) is 59.4 Å². The second kappa shape index (κ2) is 8.48. The lowest BCUT2D eigenvalue weighted by atomic mass is 10.1. The van der Waals surface area contributed by atoms with Gasteiger partial charge in [0.15, 0.2) is 5.76 Å². The smallest absolute Gasteiger partial charge is 0.231 e. The predicted octanol–water partition coefficient (Wildman–Crippen LogP) is 4.18. The highest BCUT2D eigenvalue weighted by Gasteiger charge is 2.28. The van der Waals surface area contributed by atoms with Gasteiger partial charge in [-0.25, -0.2) is 0 Å². The van der Waals surface area contributed by atoms with Crippen molar-refractivity contribution in [3.8, 4) is 17.2 Å². The zero-order chi connectivity index (χ0) is 19.3. The Bertz CT molecular complexity index is 884. The van der Waals surface area contributed by atoms with E-state index in [1.165, 1.54) is 19.3 Å². The average Bonchev–Trinajstić information content (AvgIpc) is 3.04. The molecule has 0 radical (unpaired) electrons. The molecule has 28 heavy (non-hydrogen) atoms. The molecule has 5 nitrogen and oxygen atoms in total. The monoisotopic (exact) mass is 379 g/mol. The van der Waals surface area contributed by atoms with E-state index in [1.807, 2.05) is 30.3 Å². The summed E-state index contributed by atoms with van der Waals surface area (Å²) in [6, 6.07) is 12.9. The van der Waals surface area contributed by atoms with Gasteiger partial charge in [-0.2, -0.15) is 0 Å². The van der Waals surface area contributed by atoms with Gasteiger partial charge in [0.25, 0.3) is 0 Å². The van der Waals surface area contributed by atoms with Crippen LogP contribution >= 0.6 is 0 Å². The number of nitrogens with zero attached hydrogens (tertiary/aromatic N) is 1. The fourth-order valence-electron chi connectivity index (χ4n) is 3.66. The van der Waals surface area contributed by atoms with Crippen LogP contribution in [0.3, 0.4) is 0 Å². The maximum atomic E-state index is 12.7. The van der Waals surface area contributed by atoms with Gasteiger partial charge >= 0.3 is 0 Å². The molecule has 0 aliphatic carbocycles. The number of allylic oxidation sites excluding steroid dienone is 1. The molecule has 0 amide bonds. The van der Waals surface area contributed by atoms with Crippen molar-refractivity contribution in [2.24, 2.45) is 0 Å². The Kier molecular flexibility index (Phi) is 5.63. The van der Waals surface area contributed by atoms with Gasteiger partial charge in [-0.05, 0) is 50.2 Å². The van der Waals surface area contributed by atoms with Crippen LogP contribution < -0.4 is 14.2 Å². The molecule has 2 aliphatic heterocycles. The summed E-state index contributed by atoms with van der Waals surface area (Å²) >= 11 is 0. The minimum Gasteiger partial charge on any atom is -0.496 e. The first-order chi connectivity index (χ1) is 13.7. The van der Waals surface area contributed by atoms with E-state index in [2.05, 4.69) is 4.90 Å². The van der Waals surface area contributed by atoms with Crippen LogP contribution in [0.25, 0.3) is 6.08 Å². The molecule has 2 heterocycles. The summed E-state index contributed by atoms with van der Waals surface area (Å²) in [6.45, 7) is 3.87. The van der Waals surface area contributed by atoms with Crippen LogP contribution in [-0.2, 0) is 0 Å². The van der Waals surface area contributed by atoms with Crippen molar-refractivity contribution in [2.45, 2.75) is 19.3 Å². The first-order valence-electron chi connectivity index (χ1n) is 9.81. The molecule has 0 N–H and O–H groups in total. The first-order valence-corrected chi connectivity index (χ1v) is 9.81. The van der Waals surface area contributed by atoms with Gasteiger partial charge in [0, 0.05) is 18.2 Å². The molecule has 1 fully saturated rings.